The predicted octanol–water partition coefficient (Wildman–Crippen LogP) is 1.56. The van der Waals surface area contributed by atoms with E-state index in [-0.39, 0.29) is 36.4 Å². The molecular weight excluding hydrogens is 294 g/mol. The summed E-state index contributed by atoms with van der Waals surface area (Å²) in [6.07, 6.45) is 0.413. The molecule has 2 aliphatic rings. The van der Waals surface area contributed by atoms with Crippen molar-refractivity contribution in [2.45, 2.75) is 38.3 Å². The third-order valence-corrected chi connectivity index (χ3v) is 4.04. The number of hydrogen-bond acceptors (Lipinski definition) is 3. The molecule has 0 spiro atoms. The Morgan fingerprint density at radius 1 is 1.27 bits per heavy atom. The maximum absolute atomic E-state index is 13.4. The first-order chi connectivity index (χ1) is 10.3. The van der Waals surface area contributed by atoms with Crippen molar-refractivity contribution in [3.05, 3.63) is 34.9 Å². The molecule has 0 bridgehead atoms. The summed E-state index contributed by atoms with van der Waals surface area (Å²) in [6, 6.07) is 3.23. The van der Waals surface area contributed by atoms with Crippen molar-refractivity contribution in [2.24, 2.45) is 0 Å². The van der Waals surface area contributed by atoms with Crippen LogP contribution in [0, 0.1) is 0 Å². The first-order valence-electron chi connectivity index (χ1n) is 6.93. The molecular formula is C15H14F2N2O3. The highest BCUT2D eigenvalue weighted by atomic mass is 19.3. The van der Waals surface area contributed by atoms with Gasteiger partial charge in [-0.15, -0.1) is 0 Å². The summed E-state index contributed by atoms with van der Waals surface area (Å²) >= 11 is 0. The molecule has 3 amide bonds. The van der Waals surface area contributed by atoms with Crippen molar-refractivity contribution >= 4 is 17.7 Å². The quantitative estimate of drug-likeness (QED) is 0.843. The number of alkyl halides is 2. The fraction of sp³-hybridized carbons (Fsp3) is 0.400. The van der Waals surface area contributed by atoms with Gasteiger partial charge in [-0.3, -0.25) is 19.7 Å². The highest BCUT2D eigenvalue weighted by molar-refractivity contribution is 6.05. The Hall–Kier alpha value is -2.31. The maximum Gasteiger partial charge on any atom is 0.270 e. The fourth-order valence-corrected chi connectivity index (χ4v) is 2.83. The number of halogens is 2. The Kier molecular flexibility index (Phi) is 3.23. The molecule has 22 heavy (non-hydrogen) atoms. The first kappa shape index (κ1) is 14.6. The van der Waals surface area contributed by atoms with Crippen LogP contribution in [0.2, 0.25) is 0 Å². The second-order valence-electron chi connectivity index (χ2n) is 5.66. The predicted molar refractivity (Wildman–Crippen MR) is 72.1 cm³/mol. The van der Waals surface area contributed by atoms with E-state index in [4.69, 9.17) is 0 Å². The van der Waals surface area contributed by atoms with Crippen molar-refractivity contribution in [2.75, 3.05) is 0 Å². The van der Waals surface area contributed by atoms with Gasteiger partial charge in [0.05, 0.1) is 0 Å². The van der Waals surface area contributed by atoms with E-state index in [1.165, 1.54) is 23.1 Å². The minimum atomic E-state index is -3.03. The van der Waals surface area contributed by atoms with E-state index in [0.29, 0.717) is 5.56 Å². The summed E-state index contributed by atoms with van der Waals surface area (Å²) in [7, 11) is 0. The minimum Gasteiger partial charge on any atom is -0.322 e. The Morgan fingerprint density at radius 2 is 2.00 bits per heavy atom. The van der Waals surface area contributed by atoms with Gasteiger partial charge in [0.15, 0.2) is 0 Å². The largest absolute Gasteiger partial charge is 0.322 e. The molecule has 2 aliphatic heterocycles. The van der Waals surface area contributed by atoms with E-state index in [2.05, 4.69) is 5.32 Å². The molecule has 0 saturated carbocycles. The van der Waals surface area contributed by atoms with Crippen LogP contribution in [0.3, 0.4) is 0 Å². The smallest absolute Gasteiger partial charge is 0.270 e. The number of carbonyl (C=O) groups is 3. The van der Waals surface area contributed by atoms with Gasteiger partial charge in [0.1, 0.15) is 6.04 Å². The molecule has 0 aliphatic carbocycles. The van der Waals surface area contributed by atoms with Gasteiger partial charge in [0.2, 0.25) is 11.8 Å². The van der Waals surface area contributed by atoms with Gasteiger partial charge in [-0.25, -0.2) is 8.78 Å². The van der Waals surface area contributed by atoms with Gasteiger partial charge >= 0.3 is 0 Å². The molecule has 116 valence electrons. The van der Waals surface area contributed by atoms with Crippen molar-refractivity contribution in [1.29, 1.82) is 0 Å². The Morgan fingerprint density at radius 3 is 2.64 bits per heavy atom. The second-order valence-corrected chi connectivity index (χ2v) is 5.66. The molecule has 0 radical (unpaired) electrons. The highest BCUT2D eigenvalue weighted by Gasteiger charge is 2.39. The molecule has 0 aromatic heterocycles. The molecule has 7 heteroatoms. The average Bonchev–Trinajstić information content (AvgIpc) is 2.75. The van der Waals surface area contributed by atoms with Gasteiger partial charge in [-0.05, 0) is 18.1 Å². The van der Waals surface area contributed by atoms with Crippen LogP contribution < -0.4 is 5.32 Å². The lowest BCUT2D eigenvalue weighted by Crippen LogP contribution is -2.52. The molecule has 1 aromatic carbocycles. The van der Waals surface area contributed by atoms with Crippen molar-refractivity contribution in [3.8, 4) is 0 Å². The van der Waals surface area contributed by atoms with E-state index >= 15 is 0 Å². The molecule has 1 unspecified atom stereocenters. The molecule has 1 N–H and O–H groups in total. The van der Waals surface area contributed by atoms with Crippen LogP contribution in [0.4, 0.5) is 8.78 Å². The van der Waals surface area contributed by atoms with E-state index < -0.39 is 23.8 Å². The molecule has 1 aromatic rings. The number of nitrogens with zero attached hydrogens (tertiary/aromatic N) is 1. The Labute approximate surface area is 125 Å². The summed E-state index contributed by atoms with van der Waals surface area (Å²) in [6.45, 7) is 0.960. The zero-order valence-electron chi connectivity index (χ0n) is 11.9. The molecule has 2 heterocycles. The topological polar surface area (TPSA) is 66.5 Å². The van der Waals surface area contributed by atoms with Crippen LogP contribution in [-0.4, -0.2) is 28.7 Å². The number of benzene rings is 1. The van der Waals surface area contributed by atoms with Gasteiger partial charge in [-0.1, -0.05) is 12.1 Å². The van der Waals surface area contributed by atoms with E-state index in [0.717, 1.165) is 6.92 Å². The van der Waals surface area contributed by atoms with Crippen LogP contribution in [0.1, 0.15) is 41.3 Å². The lowest BCUT2D eigenvalue weighted by Gasteiger charge is -2.29. The highest BCUT2D eigenvalue weighted by Crippen LogP contribution is 2.33. The third-order valence-electron chi connectivity index (χ3n) is 4.04. The molecule has 1 atom stereocenters. The zero-order chi connectivity index (χ0) is 16.1. The number of hydrogen-bond donors (Lipinski definition) is 1. The van der Waals surface area contributed by atoms with Crippen LogP contribution >= 0.6 is 0 Å². The molecule has 1 saturated heterocycles. The van der Waals surface area contributed by atoms with Crippen LogP contribution in [0.15, 0.2) is 18.2 Å². The normalized spacial score (nSPS) is 21.9. The van der Waals surface area contributed by atoms with Crippen molar-refractivity contribution in [3.63, 3.8) is 0 Å². The van der Waals surface area contributed by atoms with Gasteiger partial charge in [-0.2, -0.15) is 0 Å². The summed E-state index contributed by atoms with van der Waals surface area (Å²) in [4.78, 5) is 36.8. The fourth-order valence-electron chi connectivity index (χ4n) is 2.83. The number of piperidine rings is 1. The maximum atomic E-state index is 13.4. The van der Waals surface area contributed by atoms with Gasteiger partial charge in [0.25, 0.3) is 11.8 Å². The van der Waals surface area contributed by atoms with Crippen LogP contribution in [-0.2, 0) is 22.1 Å². The lowest BCUT2D eigenvalue weighted by atomic mass is 10.0. The third kappa shape index (κ3) is 2.36. The first-order valence-corrected chi connectivity index (χ1v) is 6.93. The summed E-state index contributed by atoms with van der Waals surface area (Å²) in [5.74, 6) is -4.36. The van der Waals surface area contributed by atoms with Crippen LogP contribution in [0.25, 0.3) is 0 Å². The Bertz CT molecular complexity index is 682. The lowest BCUT2D eigenvalue weighted by molar-refractivity contribution is -0.136. The zero-order valence-corrected chi connectivity index (χ0v) is 11.9. The van der Waals surface area contributed by atoms with Gasteiger partial charge < -0.3 is 4.90 Å². The van der Waals surface area contributed by atoms with E-state index in [1.54, 1.807) is 0 Å². The van der Waals surface area contributed by atoms with Gasteiger partial charge in [0, 0.05) is 31.0 Å². The monoisotopic (exact) mass is 308 g/mol. The number of imide groups is 1. The number of rotatable bonds is 2. The van der Waals surface area contributed by atoms with Crippen LogP contribution in [0.5, 0.6) is 0 Å². The molecule has 1 fully saturated rings. The number of amides is 3. The summed E-state index contributed by atoms with van der Waals surface area (Å²) in [5.41, 5.74) is 0.580. The molecule has 5 nitrogen and oxygen atoms in total. The SMILES string of the molecule is CC(F)(F)c1ccc2c(c1)C(=O)N(C1CCC(=O)NC1=O)C2. The second kappa shape index (κ2) is 4.86. The minimum absolute atomic E-state index is 0.162. The summed E-state index contributed by atoms with van der Waals surface area (Å²) in [5, 5.41) is 2.20. The average molecular weight is 308 g/mol. The number of nitrogens with one attached hydrogen (secondary N) is 1. The summed E-state index contributed by atoms with van der Waals surface area (Å²) < 4.78 is 26.8. The Balaban J connectivity index is 1.88. The van der Waals surface area contributed by atoms with E-state index in [1.807, 2.05) is 0 Å². The van der Waals surface area contributed by atoms with E-state index in [9.17, 15) is 23.2 Å². The standard InChI is InChI=1S/C15H14F2N2O3/c1-15(16,17)9-3-2-8-7-19(14(22)10(8)6-9)11-4-5-12(20)18-13(11)21/h2-3,6,11H,4-5,7H2,1H3,(H,18,20,21). The van der Waals surface area contributed by atoms with Crippen molar-refractivity contribution < 1.29 is 23.2 Å². The number of carbonyl (C=O) groups excluding carboxylic acids is 3. The van der Waals surface area contributed by atoms with Crippen molar-refractivity contribution in [1.82, 2.24) is 10.2 Å². The molecule has 3 rings (SSSR count). The number of fused-ring (bicyclic) bond motifs is 1.